The van der Waals surface area contributed by atoms with Crippen molar-refractivity contribution in [2.75, 3.05) is 24.3 Å². The lowest BCUT2D eigenvalue weighted by Crippen LogP contribution is -2.03. The topological polar surface area (TPSA) is 46.2 Å². The smallest absolute Gasteiger partial charge is 0.127 e. The van der Waals surface area contributed by atoms with Gasteiger partial charge < -0.3 is 15.4 Å². The Hall–Kier alpha value is -2.07. The monoisotopic (exact) mass is 271 g/mol. The quantitative estimate of drug-likeness (QED) is 0.804. The number of ether oxygens (including phenoxy) is 1. The zero-order valence-electron chi connectivity index (χ0n) is 12.0. The molecule has 20 heavy (non-hydrogen) atoms. The molecule has 0 saturated carbocycles. The van der Waals surface area contributed by atoms with E-state index >= 15 is 0 Å². The molecule has 1 heterocycles. The molecule has 106 valence electrons. The standard InChI is InChI=1S/C16H21N3O/c1-3-9-17-16-11-14(8-10-18-16)19-15-7-5-4-6-13(15)12-20-2/h4-8,10-11H,3,9,12H2,1-2H3,(H2,17,18,19). The minimum Gasteiger partial charge on any atom is -0.380 e. The first-order valence-electron chi connectivity index (χ1n) is 6.87. The third-order valence-electron chi connectivity index (χ3n) is 2.91. The molecule has 0 aliphatic rings. The molecule has 0 atom stereocenters. The van der Waals surface area contributed by atoms with Crippen molar-refractivity contribution in [2.45, 2.75) is 20.0 Å². The molecule has 0 unspecified atom stereocenters. The van der Waals surface area contributed by atoms with Crippen LogP contribution in [0.4, 0.5) is 17.2 Å². The van der Waals surface area contributed by atoms with Gasteiger partial charge in [0.2, 0.25) is 0 Å². The van der Waals surface area contributed by atoms with E-state index in [-0.39, 0.29) is 0 Å². The fraction of sp³-hybridized carbons (Fsp3) is 0.312. The molecule has 2 rings (SSSR count). The highest BCUT2D eigenvalue weighted by Gasteiger charge is 2.02. The van der Waals surface area contributed by atoms with Crippen LogP contribution < -0.4 is 10.6 Å². The Balaban J connectivity index is 2.13. The summed E-state index contributed by atoms with van der Waals surface area (Å²) in [6.45, 7) is 3.65. The van der Waals surface area contributed by atoms with Crippen LogP contribution in [0.1, 0.15) is 18.9 Å². The molecule has 0 fully saturated rings. The summed E-state index contributed by atoms with van der Waals surface area (Å²) in [5, 5.41) is 6.70. The molecule has 0 aliphatic carbocycles. The maximum absolute atomic E-state index is 5.22. The second-order valence-electron chi connectivity index (χ2n) is 4.57. The van der Waals surface area contributed by atoms with E-state index in [9.17, 15) is 0 Å². The lowest BCUT2D eigenvalue weighted by atomic mass is 10.2. The summed E-state index contributed by atoms with van der Waals surface area (Å²) < 4.78 is 5.22. The van der Waals surface area contributed by atoms with Gasteiger partial charge in [-0.2, -0.15) is 0 Å². The van der Waals surface area contributed by atoms with Gasteiger partial charge in [0.25, 0.3) is 0 Å². The molecule has 1 aromatic heterocycles. The Kier molecular flexibility index (Phi) is 5.38. The van der Waals surface area contributed by atoms with Crippen LogP contribution in [-0.2, 0) is 11.3 Å². The second kappa shape index (κ2) is 7.50. The summed E-state index contributed by atoms with van der Waals surface area (Å²) >= 11 is 0. The fourth-order valence-corrected chi connectivity index (χ4v) is 1.94. The molecule has 0 bridgehead atoms. The Labute approximate surface area is 120 Å². The van der Waals surface area contributed by atoms with E-state index in [4.69, 9.17) is 4.74 Å². The van der Waals surface area contributed by atoms with Gasteiger partial charge in [-0.15, -0.1) is 0 Å². The Morgan fingerprint density at radius 2 is 2.05 bits per heavy atom. The van der Waals surface area contributed by atoms with E-state index in [1.54, 1.807) is 13.3 Å². The van der Waals surface area contributed by atoms with Crippen molar-refractivity contribution in [1.29, 1.82) is 0 Å². The van der Waals surface area contributed by atoms with Gasteiger partial charge in [0, 0.05) is 42.9 Å². The molecule has 0 radical (unpaired) electrons. The number of hydrogen-bond acceptors (Lipinski definition) is 4. The van der Waals surface area contributed by atoms with E-state index in [0.717, 1.165) is 35.7 Å². The number of pyridine rings is 1. The summed E-state index contributed by atoms with van der Waals surface area (Å²) in [6, 6.07) is 12.1. The number of nitrogens with zero attached hydrogens (tertiary/aromatic N) is 1. The average Bonchev–Trinajstić information content (AvgIpc) is 2.48. The van der Waals surface area contributed by atoms with Crippen molar-refractivity contribution in [3.05, 3.63) is 48.2 Å². The van der Waals surface area contributed by atoms with Gasteiger partial charge in [-0.1, -0.05) is 25.1 Å². The first-order chi connectivity index (χ1) is 9.83. The highest BCUT2D eigenvalue weighted by Crippen LogP contribution is 2.22. The Morgan fingerprint density at radius 1 is 1.20 bits per heavy atom. The predicted octanol–water partition coefficient (Wildman–Crippen LogP) is 3.79. The predicted molar refractivity (Wildman–Crippen MR) is 83.5 cm³/mol. The third kappa shape index (κ3) is 3.96. The molecule has 1 aromatic carbocycles. The van der Waals surface area contributed by atoms with Gasteiger partial charge in [-0.05, 0) is 18.6 Å². The van der Waals surface area contributed by atoms with E-state index in [1.807, 2.05) is 30.3 Å². The largest absolute Gasteiger partial charge is 0.380 e. The summed E-state index contributed by atoms with van der Waals surface area (Å²) in [6.07, 6.45) is 2.88. The van der Waals surface area contributed by atoms with Gasteiger partial charge in [0.05, 0.1) is 6.61 Å². The molecule has 0 aliphatic heterocycles. The van der Waals surface area contributed by atoms with Crippen molar-refractivity contribution >= 4 is 17.2 Å². The lowest BCUT2D eigenvalue weighted by molar-refractivity contribution is 0.185. The first kappa shape index (κ1) is 14.3. The first-order valence-corrected chi connectivity index (χ1v) is 6.87. The van der Waals surface area contributed by atoms with Crippen LogP contribution in [0.5, 0.6) is 0 Å². The normalized spacial score (nSPS) is 10.3. The SMILES string of the molecule is CCCNc1cc(Nc2ccccc2COC)ccn1. The lowest BCUT2D eigenvalue weighted by Gasteiger charge is -2.12. The van der Waals surface area contributed by atoms with Gasteiger partial charge in [0.15, 0.2) is 0 Å². The van der Waals surface area contributed by atoms with Crippen molar-refractivity contribution in [2.24, 2.45) is 0 Å². The summed E-state index contributed by atoms with van der Waals surface area (Å²) in [5.74, 6) is 0.890. The van der Waals surface area contributed by atoms with Crippen LogP contribution in [0.25, 0.3) is 0 Å². The van der Waals surface area contributed by atoms with E-state index in [2.05, 4.69) is 28.6 Å². The number of hydrogen-bond donors (Lipinski definition) is 2. The maximum Gasteiger partial charge on any atom is 0.127 e. The Bertz CT molecular complexity index is 543. The van der Waals surface area contributed by atoms with Crippen molar-refractivity contribution in [3.63, 3.8) is 0 Å². The zero-order valence-corrected chi connectivity index (χ0v) is 12.0. The summed E-state index contributed by atoms with van der Waals surface area (Å²) in [7, 11) is 1.70. The van der Waals surface area contributed by atoms with Gasteiger partial charge in [-0.3, -0.25) is 0 Å². The van der Waals surface area contributed by atoms with Gasteiger partial charge >= 0.3 is 0 Å². The molecule has 0 amide bonds. The molecule has 4 nitrogen and oxygen atoms in total. The van der Waals surface area contributed by atoms with Crippen LogP contribution >= 0.6 is 0 Å². The number of nitrogens with one attached hydrogen (secondary N) is 2. The number of aromatic nitrogens is 1. The molecule has 0 saturated heterocycles. The number of rotatable bonds is 7. The maximum atomic E-state index is 5.22. The van der Waals surface area contributed by atoms with Crippen molar-refractivity contribution in [1.82, 2.24) is 4.98 Å². The third-order valence-corrected chi connectivity index (χ3v) is 2.91. The fourth-order valence-electron chi connectivity index (χ4n) is 1.94. The second-order valence-corrected chi connectivity index (χ2v) is 4.57. The van der Waals surface area contributed by atoms with Crippen LogP contribution in [0.2, 0.25) is 0 Å². The van der Waals surface area contributed by atoms with Gasteiger partial charge in [0.1, 0.15) is 5.82 Å². The molecule has 4 heteroatoms. The molecule has 2 aromatic rings. The summed E-state index contributed by atoms with van der Waals surface area (Å²) in [4.78, 5) is 4.30. The van der Waals surface area contributed by atoms with Crippen molar-refractivity contribution < 1.29 is 4.74 Å². The average molecular weight is 271 g/mol. The number of benzene rings is 1. The van der Waals surface area contributed by atoms with Crippen LogP contribution in [0.3, 0.4) is 0 Å². The zero-order chi connectivity index (χ0) is 14.2. The van der Waals surface area contributed by atoms with E-state index in [0.29, 0.717) is 6.61 Å². The van der Waals surface area contributed by atoms with E-state index in [1.165, 1.54) is 0 Å². The minimum atomic E-state index is 0.592. The number of anilines is 3. The van der Waals surface area contributed by atoms with E-state index < -0.39 is 0 Å². The summed E-state index contributed by atoms with van der Waals surface area (Å²) in [5.41, 5.74) is 3.21. The molecular weight excluding hydrogens is 250 g/mol. The molecule has 2 N–H and O–H groups in total. The van der Waals surface area contributed by atoms with Crippen LogP contribution in [0.15, 0.2) is 42.6 Å². The highest BCUT2D eigenvalue weighted by atomic mass is 16.5. The van der Waals surface area contributed by atoms with Crippen molar-refractivity contribution in [3.8, 4) is 0 Å². The molecular formula is C16H21N3O. The minimum absolute atomic E-state index is 0.592. The Morgan fingerprint density at radius 3 is 2.85 bits per heavy atom. The number of para-hydroxylation sites is 1. The van der Waals surface area contributed by atoms with Crippen LogP contribution in [-0.4, -0.2) is 18.6 Å². The highest BCUT2D eigenvalue weighted by molar-refractivity contribution is 5.65. The number of methoxy groups -OCH3 is 1. The molecule has 0 spiro atoms. The van der Waals surface area contributed by atoms with Gasteiger partial charge in [-0.25, -0.2) is 4.98 Å². The van der Waals surface area contributed by atoms with Crippen LogP contribution in [0, 0.1) is 0 Å².